The van der Waals surface area contributed by atoms with Gasteiger partial charge in [0, 0.05) is 0 Å². The number of hydrazone groups is 1. The number of nitrogens with one attached hydrogen (secondary N) is 1. The lowest BCUT2D eigenvalue weighted by atomic mass is 10.2. The van der Waals surface area contributed by atoms with E-state index in [-0.39, 0.29) is 0 Å². The van der Waals surface area contributed by atoms with Gasteiger partial charge in [-0.05, 0) is 40.5 Å². The summed E-state index contributed by atoms with van der Waals surface area (Å²) in [5, 5.41) is 3.61. The van der Waals surface area contributed by atoms with E-state index in [4.69, 9.17) is 15.2 Å². The van der Waals surface area contributed by atoms with E-state index in [2.05, 4.69) is 21.0 Å². The Hall–Kier alpha value is -2.09. The zero-order chi connectivity index (χ0) is 15.1. The molecule has 0 aromatic heterocycles. The maximum Gasteiger partial charge on any atom is 0.329 e. The normalized spacial score (nSPS) is 10.3. The van der Waals surface area contributed by atoms with Gasteiger partial charge in [-0.2, -0.15) is 5.10 Å². The summed E-state index contributed by atoms with van der Waals surface area (Å²) in [5.74, 6) is -0.997. The maximum atomic E-state index is 10.9. The molecule has 0 atom stereocenters. The zero-order valence-electron chi connectivity index (χ0n) is 11.0. The third-order valence-electron chi connectivity index (χ3n) is 2.14. The molecule has 1 aromatic rings. The van der Waals surface area contributed by atoms with E-state index in [1.165, 1.54) is 13.3 Å². The quantitative estimate of drug-likeness (QED) is 0.468. The van der Waals surface area contributed by atoms with Crippen LogP contribution in [0.15, 0.2) is 21.7 Å². The van der Waals surface area contributed by atoms with Crippen LogP contribution >= 0.6 is 15.9 Å². The molecule has 108 valence electrons. The monoisotopic (exact) mass is 343 g/mol. The zero-order valence-corrected chi connectivity index (χ0v) is 12.6. The van der Waals surface area contributed by atoms with Crippen molar-refractivity contribution < 1.29 is 19.1 Å². The van der Waals surface area contributed by atoms with E-state index in [1.807, 2.05) is 12.3 Å². The molecule has 0 spiro atoms. The summed E-state index contributed by atoms with van der Waals surface area (Å²) in [7, 11) is 1.51. The van der Waals surface area contributed by atoms with Gasteiger partial charge in [0.2, 0.25) is 0 Å². The summed E-state index contributed by atoms with van der Waals surface area (Å²) < 4.78 is 11.3. The predicted molar refractivity (Wildman–Crippen MR) is 76.8 cm³/mol. The minimum atomic E-state index is -1.10. The molecule has 0 fully saturated rings. The van der Waals surface area contributed by atoms with Crippen LogP contribution in [-0.2, 0) is 9.59 Å². The van der Waals surface area contributed by atoms with Crippen molar-refractivity contribution in [1.82, 2.24) is 5.43 Å². The fourth-order valence-electron chi connectivity index (χ4n) is 1.32. The average molecular weight is 344 g/mol. The summed E-state index contributed by atoms with van der Waals surface area (Å²) >= 11 is 3.36. The Kier molecular flexibility index (Phi) is 5.98. The van der Waals surface area contributed by atoms with Gasteiger partial charge >= 0.3 is 11.8 Å². The number of hydrogen-bond donors (Lipinski definition) is 2. The van der Waals surface area contributed by atoms with Gasteiger partial charge in [0.15, 0.2) is 11.5 Å². The molecule has 2 amide bonds. The Labute approximate surface area is 124 Å². The second kappa shape index (κ2) is 7.49. The van der Waals surface area contributed by atoms with E-state index in [0.717, 1.165) is 0 Å². The summed E-state index contributed by atoms with van der Waals surface area (Å²) in [6, 6.07) is 3.41. The molecular weight excluding hydrogens is 330 g/mol. The minimum absolute atomic E-state index is 0.497. The number of benzene rings is 1. The summed E-state index contributed by atoms with van der Waals surface area (Å²) in [4.78, 5) is 21.4. The molecule has 7 nitrogen and oxygen atoms in total. The van der Waals surface area contributed by atoms with Gasteiger partial charge < -0.3 is 15.2 Å². The Morgan fingerprint density at radius 3 is 2.75 bits per heavy atom. The SMILES string of the molecule is CCOc1c(Br)cc(/C=N\NC(=O)C(N)=O)cc1OC. The lowest BCUT2D eigenvalue weighted by Gasteiger charge is -2.11. The number of amides is 2. The molecule has 0 aliphatic heterocycles. The largest absolute Gasteiger partial charge is 0.493 e. The second-order valence-electron chi connectivity index (χ2n) is 3.53. The van der Waals surface area contributed by atoms with Crippen LogP contribution in [-0.4, -0.2) is 31.7 Å². The van der Waals surface area contributed by atoms with Gasteiger partial charge in [0.25, 0.3) is 0 Å². The number of carbonyl (C=O) groups is 2. The van der Waals surface area contributed by atoms with Crippen molar-refractivity contribution in [2.24, 2.45) is 10.8 Å². The molecule has 8 heteroatoms. The van der Waals surface area contributed by atoms with Crippen molar-refractivity contribution in [2.75, 3.05) is 13.7 Å². The van der Waals surface area contributed by atoms with Gasteiger partial charge in [0.1, 0.15) is 0 Å². The molecule has 0 aliphatic rings. The molecule has 1 rings (SSSR count). The van der Waals surface area contributed by atoms with Crippen molar-refractivity contribution in [2.45, 2.75) is 6.92 Å². The molecule has 0 bridgehead atoms. The fourth-order valence-corrected chi connectivity index (χ4v) is 1.89. The van der Waals surface area contributed by atoms with Crippen LogP contribution < -0.4 is 20.6 Å². The lowest BCUT2D eigenvalue weighted by molar-refractivity contribution is -0.137. The molecule has 1 aromatic carbocycles. The van der Waals surface area contributed by atoms with Crippen molar-refractivity contribution in [3.05, 3.63) is 22.2 Å². The Morgan fingerprint density at radius 2 is 2.20 bits per heavy atom. The molecule has 0 heterocycles. The number of rotatable bonds is 5. The number of nitrogens with zero attached hydrogens (tertiary/aromatic N) is 1. The van der Waals surface area contributed by atoms with E-state index < -0.39 is 11.8 Å². The van der Waals surface area contributed by atoms with Crippen molar-refractivity contribution in [3.8, 4) is 11.5 Å². The number of halogens is 1. The van der Waals surface area contributed by atoms with Gasteiger partial charge in [-0.15, -0.1) is 0 Å². The molecule has 0 saturated heterocycles. The number of nitrogens with two attached hydrogens (primary N) is 1. The summed E-state index contributed by atoms with van der Waals surface area (Å²) in [6.45, 7) is 2.36. The van der Waals surface area contributed by atoms with E-state index in [9.17, 15) is 9.59 Å². The fraction of sp³-hybridized carbons (Fsp3) is 0.250. The first kappa shape index (κ1) is 16.0. The second-order valence-corrected chi connectivity index (χ2v) is 4.38. The first-order valence-electron chi connectivity index (χ1n) is 5.62. The van der Waals surface area contributed by atoms with E-state index >= 15 is 0 Å². The standard InChI is InChI=1S/C12H14BrN3O4/c1-3-20-10-8(13)4-7(5-9(10)19-2)6-15-16-12(18)11(14)17/h4-6H,3H2,1-2H3,(H2,14,17)(H,16,18)/b15-6-. The highest BCUT2D eigenvalue weighted by atomic mass is 79.9. The minimum Gasteiger partial charge on any atom is -0.493 e. The number of methoxy groups -OCH3 is 1. The van der Waals surface area contributed by atoms with Gasteiger partial charge in [0.05, 0.1) is 24.4 Å². The van der Waals surface area contributed by atoms with E-state index in [0.29, 0.717) is 28.1 Å². The van der Waals surface area contributed by atoms with Crippen molar-refractivity contribution >= 4 is 34.0 Å². The summed E-state index contributed by atoms with van der Waals surface area (Å²) in [5.41, 5.74) is 7.41. The van der Waals surface area contributed by atoms with Gasteiger partial charge in [-0.3, -0.25) is 9.59 Å². The number of hydrogen-bond acceptors (Lipinski definition) is 5. The number of carbonyl (C=O) groups excluding carboxylic acids is 2. The van der Waals surface area contributed by atoms with Crippen LogP contribution in [0.5, 0.6) is 11.5 Å². The molecule has 0 radical (unpaired) electrons. The van der Waals surface area contributed by atoms with Crippen LogP contribution in [0.3, 0.4) is 0 Å². The van der Waals surface area contributed by atoms with Gasteiger partial charge in [-0.25, -0.2) is 5.43 Å². The van der Waals surface area contributed by atoms with Crippen molar-refractivity contribution in [1.29, 1.82) is 0 Å². The Bertz CT molecular complexity index is 546. The smallest absolute Gasteiger partial charge is 0.329 e. The van der Waals surface area contributed by atoms with Crippen LogP contribution in [0.1, 0.15) is 12.5 Å². The molecule has 3 N–H and O–H groups in total. The topological polar surface area (TPSA) is 103 Å². The third kappa shape index (κ3) is 4.23. The molecule has 0 aliphatic carbocycles. The van der Waals surface area contributed by atoms with Crippen LogP contribution in [0.4, 0.5) is 0 Å². The first-order valence-corrected chi connectivity index (χ1v) is 6.42. The molecule has 20 heavy (non-hydrogen) atoms. The number of ether oxygens (including phenoxy) is 2. The van der Waals surface area contributed by atoms with E-state index in [1.54, 1.807) is 12.1 Å². The maximum absolute atomic E-state index is 10.9. The highest BCUT2D eigenvalue weighted by Crippen LogP contribution is 2.36. The molecule has 0 unspecified atom stereocenters. The lowest BCUT2D eigenvalue weighted by Crippen LogP contribution is -2.32. The third-order valence-corrected chi connectivity index (χ3v) is 2.73. The average Bonchev–Trinajstić information content (AvgIpc) is 2.41. The van der Waals surface area contributed by atoms with Crippen LogP contribution in [0, 0.1) is 0 Å². The van der Waals surface area contributed by atoms with Gasteiger partial charge in [-0.1, -0.05) is 0 Å². The molecule has 0 saturated carbocycles. The first-order chi connectivity index (χ1) is 9.49. The summed E-state index contributed by atoms with van der Waals surface area (Å²) in [6.07, 6.45) is 1.35. The van der Waals surface area contributed by atoms with Crippen LogP contribution in [0.2, 0.25) is 0 Å². The highest BCUT2D eigenvalue weighted by molar-refractivity contribution is 9.10. The van der Waals surface area contributed by atoms with Crippen LogP contribution in [0.25, 0.3) is 0 Å². The number of primary amides is 1. The molecular formula is C12H14BrN3O4. The highest BCUT2D eigenvalue weighted by Gasteiger charge is 2.11. The predicted octanol–water partition coefficient (Wildman–Crippen LogP) is 0.792. The Morgan fingerprint density at radius 1 is 1.50 bits per heavy atom. The van der Waals surface area contributed by atoms with Crippen molar-refractivity contribution in [3.63, 3.8) is 0 Å². The Balaban J connectivity index is 2.92.